The normalized spacial score (nSPS) is 12.4. The summed E-state index contributed by atoms with van der Waals surface area (Å²) >= 11 is 0. The van der Waals surface area contributed by atoms with Gasteiger partial charge < -0.3 is 5.32 Å². The fraction of sp³-hybridized carbons (Fsp3) is 0.273. The molecule has 1 rings (SSSR count). The molecule has 0 aliphatic rings. The van der Waals surface area contributed by atoms with Crippen LogP contribution in [0.2, 0.25) is 0 Å². The first-order chi connectivity index (χ1) is 11.8. The van der Waals surface area contributed by atoms with Crippen molar-refractivity contribution in [3.8, 4) is 0 Å². The van der Waals surface area contributed by atoms with Crippen molar-refractivity contribution in [3.05, 3.63) is 76.5 Å². The van der Waals surface area contributed by atoms with E-state index in [1.807, 2.05) is 64.1 Å². The molecule has 0 unspecified atom stereocenters. The number of benzene rings is 1. The largest absolute Gasteiger partial charge is 0.327 e. The maximum Gasteiger partial charge on any atom is 0.221 e. The summed E-state index contributed by atoms with van der Waals surface area (Å²) in [5.41, 5.74) is 6.04. The molecule has 25 heavy (non-hydrogen) atoms. The van der Waals surface area contributed by atoms with Crippen LogP contribution < -0.4 is 5.32 Å². The van der Waals surface area contributed by atoms with Crippen LogP contribution in [0.4, 0.5) is 0 Å². The van der Waals surface area contributed by atoms with Crippen molar-refractivity contribution < 1.29 is 9.59 Å². The number of aldehydes is 1. The van der Waals surface area contributed by atoms with E-state index in [2.05, 4.69) is 11.9 Å². The van der Waals surface area contributed by atoms with Crippen LogP contribution >= 0.6 is 0 Å². The van der Waals surface area contributed by atoms with Gasteiger partial charge in [0.25, 0.3) is 0 Å². The van der Waals surface area contributed by atoms with Gasteiger partial charge in [-0.1, -0.05) is 43.9 Å². The summed E-state index contributed by atoms with van der Waals surface area (Å²) in [4.78, 5) is 22.6. The molecule has 132 valence electrons. The molecule has 0 aliphatic heterocycles. The Kier molecular flexibility index (Phi) is 7.80. The van der Waals surface area contributed by atoms with Gasteiger partial charge in [-0.3, -0.25) is 9.59 Å². The van der Waals surface area contributed by atoms with Crippen molar-refractivity contribution in [1.29, 1.82) is 0 Å². The lowest BCUT2D eigenvalue weighted by Gasteiger charge is -2.13. The number of allylic oxidation sites excluding steroid dienone is 6. The first-order valence-electron chi connectivity index (χ1n) is 8.42. The maximum atomic E-state index is 11.4. The lowest BCUT2D eigenvalue weighted by atomic mass is 9.92. The van der Waals surface area contributed by atoms with E-state index in [0.717, 1.165) is 51.8 Å². The lowest BCUT2D eigenvalue weighted by Crippen LogP contribution is -2.18. The molecule has 1 amide bonds. The molecule has 0 saturated heterocycles. The molecule has 0 fully saturated rings. The number of hydrogen-bond donors (Lipinski definition) is 1. The number of amides is 1. The van der Waals surface area contributed by atoms with E-state index in [9.17, 15) is 9.59 Å². The predicted molar refractivity (Wildman–Crippen MR) is 105 cm³/mol. The number of carbonyl (C=O) groups excluding carboxylic acids is 2. The van der Waals surface area contributed by atoms with Crippen LogP contribution in [0.25, 0.3) is 5.57 Å². The van der Waals surface area contributed by atoms with Gasteiger partial charge in [-0.25, -0.2) is 0 Å². The first-order valence-corrected chi connectivity index (χ1v) is 8.42. The topological polar surface area (TPSA) is 46.2 Å². The molecule has 0 aromatic heterocycles. The molecule has 3 nitrogen and oxygen atoms in total. The number of hydrogen-bond acceptors (Lipinski definition) is 2. The van der Waals surface area contributed by atoms with Crippen molar-refractivity contribution in [2.45, 2.75) is 41.0 Å². The predicted octanol–water partition coefficient (Wildman–Crippen LogP) is 5.06. The zero-order chi connectivity index (χ0) is 19.0. The Morgan fingerprint density at radius 1 is 1.24 bits per heavy atom. The number of carbonyl (C=O) groups is 2. The van der Waals surface area contributed by atoms with Crippen LogP contribution in [0.5, 0.6) is 0 Å². The highest BCUT2D eigenvalue weighted by Crippen LogP contribution is 2.27. The van der Waals surface area contributed by atoms with Crippen LogP contribution in [0.15, 0.2) is 54.3 Å². The summed E-state index contributed by atoms with van der Waals surface area (Å²) in [6, 6.07) is 3.94. The third-order valence-electron chi connectivity index (χ3n) is 3.81. The molecule has 3 heteroatoms. The van der Waals surface area contributed by atoms with Crippen LogP contribution in [-0.2, 0) is 4.79 Å². The van der Waals surface area contributed by atoms with Gasteiger partial charge in [0.05, 0.1) is 0 Å². The van der Waals surface area contributed by atoms with Gasteiger partial charge in [-0.15, -0.1) is 0 Å². The second-order valence-corrected chi connectivity index (χ2v) is 5.97. The first kappa shape index (κ1) is 20.4. The molecule has 0 bridgehead atoms. The molecule has 0 saturated carbocycles. The van der Waals surface area contributed by atoms with Crippen molar-refractivity contribution >= 4 is 17.8 Å². The number of nitrogens with one attached hydrogen (secondary N) is 1. The summed E-state index contributed by atoms with van der Waals surface area (Å²) in [5.74, 6) is -0.108. The monoisotopic (exact) mass is 337 g/mol. The Morgan fingerprint density at radius 3 is 2.28 bits per heavy atom. The van der Waals surface area contributed by atoms with E-state index in [0.29, 0.717) is 0 Å². The van der Waals surface area contributed by atoms with Crippen LogP contribution in [0.1, 0.15) is 54.2 Å². The van der Waals surface area contributed by atoms with Gasteiger partial charge in [0, 0.05) is 18.2 Å². The van der Waals surface area contributed by atoms with Gasteiger partial charge >= 0.3 is 0 Å². The molecule has 1 aromatic rings. The Hall–Kier alpha value is -2.68. The average molecular weight is 337 g/mol. The summed E-state index contributed by atoms with van der Waals surface area (Å²) in [6.45, 7) is 13.5. The Labute approximate surface area is 150 Å². The van der Waals surface area contributed by atoms with E-state index in [-0.39, 0.29) is 5.91 Å². The summed E-state index contributed by atoms with van der Waals surface area (Å²) in [6.07, 6.45) is 9.49. The van der Waals surface area contributed by atoms with Crippen LogP contribution in [0, 0.1) is 13.8 Å². The van der Waals surface area contributed by atoms with Gasteiger partial charge in [0.15, 0.2) is 6.29 Å². The SMILES string of the molecule is C=C(/C(C=CC)=C/C(=C/CC)NC(C)=O)c1cc(C)c(C=O)c(C)c1. The highest BCUT2D eigenvalue weighted by Gasteiger charge is 2.09. The Balaban J connectivity index is 3.37. The summed E-state index contributed by atoms with van der Waals surface area (Å²) < 4.78 is 0. The summed E-state index contributed by atoms with van der Waals surface area (Å²) in [7, 11) is 0. The van der Waals surface area contributed by atoms with E-state index in [1.165, 1.54) is 6.92 Å². The molecule has 0 heterocycles. The summed E-state index contributed by atoms with van der Waals surface area (Å²) in [5, 5.41) is 2.84. The fourth-order valence-corrected chi connectivity index (χ4v) is 2.65. The van der Waals surface area contributed by atoms with Gasteiger partial charge in [0.1, 0.15) is 0 Å². The highest BCUT2D eigenvalue weighted by atomic mass is 16.1. The van der Waals surface area contributed by atoms with Gasteiger partial charge in [-0.2, -0.15) is 0 Å². The second kappa shape index (κ2) is 9.58. The molecule has 1 aromatic carbocycles. The minimum absolute atomic E-state index is 0.108. The van der Waals surface area contributed by atoms with E-state index in [4.69, 9.17) is 0 Å². The smallest absolute Gasteiger partial charge is 0.221 e. The van der Waals surface area contributed by atoms with Crippen molar-refractivity contribution in [3.63, 3.8) is 0 Å². The second-order valence-electron chi connectivity index (χ2n) is 5.97. The van der Waals surface area contributed by atoms with Crippen molar-refractivity contribution in [1.82, 2.24) is 5.32 Å². The zero-order valence-electron chi connectivity index (χ0n) is 15.8. The molecular weight excluding hydrogens is 310 g/mol. The molecule has 0 aliphatic carbocycles. The minimum atomic E-state index is -0.108. The van der Waals surface area contributed by atoms with Crippen LogP contribution in [-0.4, -0.2) is 12.2 Å². The van der Waals surface area contributed by atoms with Gasteiger partial charge in [0.2, 0.25) is 5.91 Å². The Bertz CT molecular complexity index is 741. The molecule has 1 N–H and O–H groups in total. The van der Waals surface area contributed by atoms with E-state index >= 15 is 0 Å². The van der Waals surface area contributed by atoms with Gasteiger partial charge in [-0.05, 0) is 61.1 Å². The van der Waals surface area contributed by atoms with Crippen LogP contribution in [0.3, 0.4) is 0 Å². The maximum absolute atomic E-state index is 11.4. The minimum Gasteiger partial charge on any atom is -0.327 e. The molecule has 0 atom stereocenters. The third kappa shape index (κ3) is 5.71. The quantitative estimate of drug-likeness (QED) is 0.558. The molecule has 0 radical (unpaired) electrons. The average Bonchev–Trinajstić information content (AvgIpc) is 2.53. The van der Waals surface area contributed by atoms with Crippen molar-refractivity contribution in [2.24, 2.45) is 0 Å². The molecular formula is C22H27NO2. The van der Waals surface area contributed by atoms with Crippen molar-refractivity contribution in [2.75, 3.05) is 0 Å². The zero-order valence-corrected chi connectivity index (χ0v) is 15.8. The van der Waals surface area contributed by atoms with E-state index < -0.39 is 0 Å². The lowest BCUT2D eigenvalue weighted by molar-refractivity contribution is -0.118. The third-order valence-corrected chi connectivity index (χ3v) is 3.81. The Morgan fingerprint density at radius 2 is 1.84 bits per heavy atom. The highest BCUT2D eigenvalue weighted by molar-refractivity contribution is 5.86. The number of rotatable bonds is 7. The van der Waals surface area contributed by atoms with E-state index in [1.54, 1.807) is 0 Å². The standard InChI is InChI=1S/C22H27NO2/c1-7-9-19(13-21(10-8-2)23-18(6)25)17(5)20-11-15(3)22(14-24)16(4)12-20/h7,9-14H,5,8H2,1-4,6H3,(H,23,25)/b9-7?,19-13+,21-10-. The number of aryl methyl sites for hydroxylation is 2. The fourth-order valence-electron chi connectivity index (χ4n) is 2.65. The molecule has 0 spiro atoms.